The molecule has 2 rings (SSSR count). The summed E-state index contributed by atoms with van der Waals surface area (Å²) in [5, 5.41) is 2.77. The summed E-state index contributed by atoms with van der Waals surface area (Å²) in [7, 11) is 1.52. The lowest BCUT2D eigenvalue weighted by atomic mass is 10.2. The van der Waals surface area contributed by atoms with Crippen LogP contribution in [0.4, 0.5) is 0 Å². The van der Waals surface area contributed by atoms with Crippen LogP contribution in [0.3, 0.4) is 0 Å². The summed E-state index contributed by atoms with van der Waals surface area (Å²) in [5.74, 6) is 0.318. The van der Waals surface area contributed by atoms with Crippen molar-refractivity contribution in [3.8, 4) is 5.75 Å². The molecule has 2 amide bonds. The van der Waals surface area contributed by atoms with Gasteiger partial charge in [-0.1, -0.05) is 12.1 Å². The first-order chi connectivity index (χ1) is 11.0. The number of amides is 2. The third kappa shape index (κ3) is 4.69. The highest BCUT2D eigenvalue weighted by Gasteiger charge is 2.25. The maximum absolute atomic E-state index is 12.2. The molecule has 0 unspecified atom stereocenters. The summed E-state index contributed by atoms with van der Waals surface area (Å²) in [5.41, 5.74) is 0.469. The van der Waals surface area contributed by atoms with E-state index in [2.05, 4.69) is 5.32 Å². The van der Waals surface area contributed by atoms with Crippen LogP contribution in [0.1, 0.15) is 30.6 Å². The van der Waals surface area contributed by atoms with Crippen molar-refractivity contribution in [1.82, 2.24) is 10.2 Å². The fourth-order valence-electron chi connectivity index (χ4n) is 2.75. The molecule has 0 saturated carbocycles. The zero-order chi connectivity index (χ0) is 16.8. The quantitative estimate of drug-likeness (QED) is 0.892. The number of morpholine rings is 1. The van der Waals surface area contributed by atoms with Crippen molar-refractivity contribution in [1.29, 1.82) is 0 Å². The second-order valence-corrected chi connectivity index (χ2v) is 5.76. The largest absolute Gasteiger partial charge is 0.496 e. The van der Waals surface area contributed by atoms with E-state index in [9.17, 15) is 9.59 Å². The molecule has 1 heterocycles. The minimum Gasteiger partial charge on any atom is -0.496 e. The third-order valence-electron chi connectivity index (χ3n) is 3.75. The first kappa shape index (κ1) is 17.3. The molecular weight excluding hydrogens is 296 g/mol. The summed E-state index contributed by atoms with van der Waals surface area (Å²) in [6, 6.07) is 7.01. The van der Waals surface area contributed by atoms with Crippen LogP contribution in [-0.4, -0.2) is 55.7 Å². The SMILES string of the molecule is COc1ccccc1C(=O)NCCC(=O)N1C[C@@H](C)O[C@H](C)C1. The van der Waals surface area contributed by atoms with Gasteiger partial charge in [0.15, 0.2) is 0 Å². The zero-order valence-electron chi connectivity index (χ0n) is 13.9. The Morgan fingerprint density at radius 2 is 1.91 bits per heavy atom. The van der Waals surface area contributed by atoms with E-state index in [1.54, 1.807) is 29.2 Å². The van der Waals surface area contributed by atoms with Gasteiger partial charge in [-0.15, -0.1) is 0 Å². The fraction of sp³-hybridized carbons (Fsp3) is 0.529. The highest BCUT2D eigenvalue weighted by Crippen LogP contribution is 2.17. The molecule has 0 aromatic heterocycles. The lowest BCUT2D eigenvalue weighted by Crippen LogP contribution is -2.48. The average Bonchev–Trinajstić information content (AvgIpc) is 2.53. The molecular formula is C17H24N2O4. The Bertz CT molecular complexity index is 551. The molecule has 1 aliphatic rings. The molecule has 2 atom stereocenters. The van der Waals surface area contributed by atoms with E-state index < -0.39 is 0 Å². The lowest BCUT2D eigenvalue weighted by molar-refractivity contribution is -0.143. The molecule has 23 heavy (non-hydrogen) atoms. The molecule has 6 heteroatoms. The van der Waals surface area contributed by atoms with Crippen LogP contribution in [0, 0.1) is 0 Å². The van der Waals surface area contributed by atoms with E-state index in [4.69, 9.17) is 9.47 Å². The van der Waals surface area contributed by atoms with Gasteiger partial charge in [-0.25, -0.2) is 0 Å². The Kier molecular flexibility index (Phi) is 5.98. The van der Waals surface area contributed by atoms with E-state index in [1.807, 2.05) is 13.8 Å². The van der Waals surface area contributed by atoms with E-state index in [1.165, 1.54) is 7.11 Å². The first-order valence-electron chi connectivity index (χ1n) is 7.85. The van der Waals surface area contributed by atoms with Crippen molar-refractivity contribution >= 4 is 11.8 Å². The monoisotopic (exact) mass is 320 g/mol. The van der Waals surface area contributed by atoms with Crippen molar-refractivity contribution in [2.75, 3.05) is 26.7 Å². The summed E-state index contributed by atoms with van der Waals surface area (Å²) >= 11 is 0. The van der Waals surface area contributed by atoms with Crippen molar-refractivity contribution in [3.05, 3.63) is 29.8 Å². The number of carbonyl (C=O) groups excluding carboxylic acids is 2. The third-order valence-corrected chi connectivity index (χ3v) is 3.75. The number of rotatable bonds is 5. The number of ether oxygens (including phenoxy) is 2. The normalized spacial score (nSPS) is 20.9. The number of nitrogens with zero attached hydrogens (tertiary/aromatic N) is 1. The molecule has 0 aliphatic carbocycles. The van der Waals surface area contributed by atoms with E-state index in [0.29, 0.717) is 30.9 Å². The Hall–Kier alpha value is -2.08. The predicted octanol–water partition coefficient (Wildman–Crippen LogP) is 1.45. The van der Waals surface area contributed by atoms with Gasteiger partial charge in [0, 0.05) is 26.1 Å². The van der Waals surface area contributed by atoms with Gasteiger partial charge in [0.05, 0.1) is 24.9 Å². The molecule has 1 N–H and O–H groups in total. The maximum Gasteiger partial charge on any atom is 0.255 e. The zero-order valence-corrected chi connectivity index (χ0v) is 13.9. The van der Waals surface area contributed by atoms with Crippen molar-refractivity contribution in [3.63, 3.8) is 0 Å². The fourth-order valence-corrected chi connectivity index (χ4v) is 2.75. The number of para-hydroxylation sites is 1. The van der Waals surface area contributed by atoms with Crippen LogP contribution in [-0.2, 0) is 9.53 Å². The van der Waals surface area contributed by atoms with Crippen molar-refractivity contribution in [2.45, 2.75) is 32.5 Å². The first-order valence-corrected chi connectivity index (χ1v) is 7.85. The maximum atomic E-state index is 12.2. The Morgan fingerprint density at radius 3 is 2.57 bits per heavy atom. The number of hydrogen-bond donors (Lipinski definition) is 1. The Labute approximate surface area is 136 Å². The minimum absolute atomic E-state index is 0.0346. The van der Waals surface area contributed by atoms with Crippen LogP contribution in [0.5, 0.6) is 5.75 Å². The molecule has 1 aromatic carbocycles. The van der Waals surface area contributed by atoms with Crippen LogP contribution in [0.25, 0.3) is 0 Å². The lowest BCUT2D eigenvalue weighted by Gasteiger charge is -2.35. The Morgan fingerprint density at radius 1 is 1.26 bits per heavy atom. The number of benzene rings is 1. The topological polar surface area (TPSA) is 67.9 Å². The van der Waals surface area contributed by atoms with Gasteiger partial charge < -0.3 is 19.7 Å². The smallest absolute Gasteiger partial charge is 0.255 e. The van der Waals surface area contributed by atoms with Crippen LogP contribution in [0.15, 0.2) is 24.3 Å². The number of nitrogens with one attached hydrogen (secondary N) is 1. The van der Waals surface area contributed by atoms with Gasteiger partial charge in [0.1, 0.15) is 5.75 Å². The highest BCUT2D eigenvalue weighted by molar-refractivity contribution is 5.97. The van der Waals surface area contributed by atoms with Crippen LogP contribution in [0.2, 0.25) is 0 Å². The summed E-state index contributed by atoms with van der Waals surface area (Å²) in [6.45, 7) is 5.42. The van der Waals surface area contributed by atoms with E-state index >= 15 is 0 Å². The molecule has 0 radical (unpaired) electrons. The van der Waals surface area contributed by atoms with Crippen LogP contribution >= 0.6 is 0 Å². The predicted molar refractivity (Wildman–Crippen MR) is 86.5 cm³/mol. The average molecular weight is 320 g/mol. The molecule has 1 aliphatic heterocycles. The highest BCUT2D eigenvalue weighted by atomic mass is 16.5. The van der Waals surface area contributed by atoms with Gasteiger partial charge in [0.2, 0.25) is 5.91 Å². The van der Waals surface area contributed by atoms with Gasteiger partial charge in [-0.05, 0) is 26.0 Å². The molecule has 6 nitrogen and oxygen atoms in total. The van der Waals surface area contributed by atoms with E-state index in [-0.39, 0.29) is 30.4 Å². The number of methoxy groups -OCH3 is 1. The van der Waals surface area contributed by atoms with Gasteiger partial charge in [-0.3, -0.25) is 9.59 Å². The second-order valence-electron chi connectivity index (χ2n) is 5.76. The summed E-state index contributed by atoms with van der Waals surface area (Å²) in [4.78, 5) is 26.2. The van der Waals surface area contributed by atoms with Crippen molar-refractivity contribution < 1.29 is 19.1 Å². The molecule has 0 spiro atoms. The molecule has 126 valence electrons. The van der Waals surface area contributed by atoms with Gasteiger partial charge >= 0.3 is 0 Å². The minimum atomic E-state index is -0.237. The van der Waals surface area contributed by atoms with Gasteiger partial charge in [0.25, 0.3) is 5.91 Å². The standard InChI is InChI=1S/C17H24N2O4/c1-12-10-19(11-13(2)23-12)16(20)8-9-18-17(21)14-6-4-5-7-15(14)22-3/h4-7,12-13H,8-11H2,1-3H3,(H,18,21)/t12-,13-/m1/s1. The number of hydrogen-bond acceptors (Lipinski definition) is 4. The van der Waals surface area contributed by atoms with Crippen molar-refractivity contribution in [2.24, 2.45) is 0 Å². The molecule has 0 bridgehead atoms. The summed E-state index contributed by atoms with van der Waals surface area (Å²) in [6.07, 6.45) is 0.372. The molecule has 1 aromatic rings. The second kappa shape index (κ2) is 7.97. The summed E-state index contributed by atoms with van der Waals surface area (Å²) < 4.78 is 10.8. The Balaban J connectivity index is 1.82. The molecule has 1 fully saturated rings. The van der Waals surface area contributed by atoms with Crippen LogP contribution < -0.4 is 10.1 Å². The van der Waals surface area contributed by atoms with E-state index in [0.717, 1.165) is 0 Å². The van der Waals surface area contributed by atoms with Gasteiger partial charge in [-0.2, -0.15) is 0 Å². The number of carbonyl (C=O) groups is 2. The molecule has 1 saturated heterocycles.